The molecule has 0 radical (unpaired) electrons. The van der Waals surface area contributed by atoms with Crippen molar-refractivity contribution in [3.63, 3.8) is 0 Å². The maximum atomic E-state index is 12.4. The number of hydrogen-bond acceptors (Lipinski definition) is 8. The first kappa shape index (κ1) is 20.8. The normalized spacial score (nSPS) is 10.4. The molecule has 0 bridgehead atoms. The highest BCUT2D eigenvalue weighted by Gasteiger charge is 2.11. The Morgan fingerprint density at radius 3 is 2.38 bits per heavy atom. The van der Waals surface area contributed by atoms with Gasteiger partial charge in [-0.05, 0) is 48.5 Å². The number of rotatable bonds is 9. The zero-order chi connectivity index (χ0) is 20.6. The third-order valence-electron chi connectivity index (χ3n) is 3.89. The summed E-state index contributed by atoms with van der Waals surface area (Å²) in [5.41, 5.74) is 2.15. The molecule has 0 saturated heterocycles. The zero-order valence-electron chi connectivity index (χ0n) is 16.0. The monoisotopic (exact) mass is 428 g/mol. The van der Waals surface area contributed by atoms with E-state index in [1.54, 1.807) is 38.3 Å². The molecule has 29 heavy (non-hydrogen) atoms. The lowest BCUT2D eigenvalue weighted by Gasteiger charge is -2.04. The van der Waals surface area contributed by atoms with Crippen molar-refractivity contribution in [2.24, 2.45) is 0 Å². The number of anilines is 3. The van der Waals surface area contributed by atoms with Crippen LogP contribution in [-0.4, -0.2) is 34.8 Å². The molecule has 3 rings (SSSR count). The standard InChI is InChI=1S/C20H20N4O3S2/c1-3-18(26)21-14-6-4-13(5-7-14)17(25)12-28-20-24-23-19(29-20)22-15-8-10-16(27-2)11-9-15/h4-11H,3,12H2,1-2H3,(H,21,26)(H,22,23). The Hall–Kier alpha value is -2.91. The predicted molar refractivity (Wildman–Crippen MR) is 117 cm³/mol. The van der Waals surface area contributed by atoms with Gasteiger partial charge in [0.05, 0.1) is 12.9 Å². The molecule has 9 heteroatoms. The topological polar surface area (TPSA) is 93.2 Å². The van der Waals surface area contributed by atoms with Crippen molar-refractivity contribution < 1.29 is 14.3 Å². The van der Waals surface area contributed by atoms with Crippen LogP contribution in [0.1, 0.15) is 23.7 Å². The van der Waals surface area contributed by atoms with Crippen LogP contribution in [0.15, 0.2) is 52.9 Å². The van der Waals surface area contributed by atoms with E-state index in [0.29, 0.717) is 27.1 Å². The summed E-state index contributed by atoms with van der Waals surface area (Å²) < 4.78 is 5.85. The number of Topliss-reactive ketones (excluding diaryl/α,β-unsaturated/α-hetero) is 1. The number of nitrogens with zero attached hydrogens (tertiary/aromatic N) is 2. The summed E-state index contributed by atoms with van der Waals surface area (Å²) in [6.07, 6.45) is 0.411. The number of carbonyl (C=O) groups excluding carboxylic acids is 2. The van der Waals surface area contributed by atoms with Gasteiger partial charge in [-0.3, -0.25) is 9.59 Å². The van der Waals surface area contributed by atoms with E-state index in [9.17, 15) is 9.59 Å². The number of hydrogen-bond donors (Lipinski definition) is 2. The van der Waals surface area contributed by atoms with Gasteiger partial charge in [-0.2, -0.15) is 0 Å². The van der Waals surface area contributed by atoms with Crippen LogP contribution in [0.4, 0.5) is 16.5 Å². The lowest BCUT2D eigenvalue weighted by atomic mass is 10.1. The van der Waals surface area contributed by atoms with Gasteiger partial charge in [0, 0.05) is 23.4 Å². The lowest BCUT2D eigenvalue weighted by molar-refractivity contribution is -0.115. The summed E-state index contributed by atoms with van der Waals surface area (Å²) in [6.45, 7) is 1.79. The number of nitrogens with one attached hydrogen (secondary N) is 2. The Balaban J connectivity index is 1.52. The fourth-order valence-corrected chi connectivity index (χ4v) is 3.98. The molecular formula is C20H20N4O3S2. The smallest absolute Gasteiger partial charge is 0.224 e. The average molecular weight is 429 g/mol. The maximum Gasteiger partial charge on any atom is 0.224 e. The summed E-state index contributed by atoms with van der Waals surface area (Å²) in [7, 11) is 1.62. The number of benzene rings is 2. The quantitative estimate of drug-likeness (QED) is 0.380. The van der Waals surface area contributed by atoms with Crippen LogP contribution < -0.4 is 15.4 Å². The van der Waals surface area contributed by atoms with Gasteiger partial charge in [0.2, 0.25) is 11.0 Å². The fourth-order valence-electron chi connectivity index (χ4n) is 2.32. The highest BCUT2D eigenvalue weighted by Crippen LogP contribution is 2.28. The third kappa shape index (κ3) is 6.03. The molecule has 1 aromatic heterocycles. The summed E-state index contributed by atoms with van der Waals surface area (Å²) in [6, 6.07) is 14.4. The molecule has 0 aliphatic carbocycles. The highest BCUT2D eigenvalue weighted by molar-refractivity contribution is 8.01. The molecule has 0 unspecified atom stereocenters. The van der Waals surface area contributed by atoms with Gasteiger partial charge in [-0.1, -0.05) is 30.0 Å². The second kappa shape index (κ2) is 10.0. The predicted octanol–water partition coefficient (Wildman–Crippen LogP) is 4.61. The van der Waals surface area contributed by atoms with E-state index in [1.165, 1.54) is 23.1 Å². The number of aromatic nitrogens is 2. The molecule has 0 aliphatic rings. The molecule has 0 spiro atoms. The minimum atomic E-state index is -0.0602. The average Bonchev–Trinajstić information content (AvgIpc) is 3.20. The molecule has 0 aliphatic heterocycles. The summed E-state index contributed by atoms with van der Waals surface area (Å²) in [4.78, 5) is 23.8. The van der Waals surface area contributed by atoms with Crippen molar-refractivity contribution in [2.75, 3.05) is 23.5 Å². The number of ketones is 1. The van der Waals surface area contributed by atoms with E-state index in [4.69, 9.17) is 4.74 Å². The molecular weight excluding hydrogens is 408 g/mol. The lowest BCUT2D eigenvalue weighted by Crippen LogP contribution is -2.09. The number of amides is 1. The van der Waals surface area contributed by atoms with Crippen LogP contribution >= 0.6 is 23.1 Å². The van der Waals surface area contributed by atoms with Crippen molar-refractivity contribution >= 4 is 51.3 Å². The van der Waals surface area contributed by atoms with Crippen molar-refractivity contribution in [1.82, 2.24) is 10.2 Å². The Morgan fingerprint density at radius 1 is 1.03 bits per heavy atom. The van der Waals surface area contributed by atoms with Gasteiger partial charge >= 0.3 is 0 Å². The van der Waals surface area contributed by atoms with Gasteiger partial charge in [-0.15, -0.1) is 10.2 Å². The third-order valence-corrected chi connectivity index (χ3v) is 5.86. The molecule has 0 atom stereocenters. The number of methoxy groups -OCH3 is 1. The summed E-state index contributed by atoms with van der Waals surface area (Å²) >= 11 is 2.73. The van der Waals surface area contributed by atoms with Crippen LogP contribution in [0.25, 0.3) is 0 Å². The van der Waals surface area contributed by atoms with Crippen LogP contribution in [0.2, 0.25) is 0 Å². The number of carbonyl (C=O) groups is 2. The molecule has 1 amide bonds. The Bertz CT molecular complexity index is 972. The van der Waals surface area contributed by atoms with Crippen molar-refractivity contribution in [1.29, 1.82) is 0 Å². The Labute approximate surface area is 176 Å². The van der Waals surface area contributed by atoms with E-state index < -0.39 is 0 Å². The van der Waals surface area contributed by atoms with Gasteiger partial charge in [0.1, 0.15) is 5.75 Å². The molecule has 0 fully saturated rings. The van der Waals surface area contributed by atoms with Crippen molar-refractivity contribution in [3.8, 4) is 5.75 Å². The Kier molecular flexibility index (Phi) is 7.20. The van der Waals surface area contributed by atoms with Crippen molar-refractivity contribution in [2.45, 2.75) is 17.7 Å². The SMILES string of the molecule is CCC(=O)Nc1ccc(C(=O)CSc2nnc(Nc3ccc(OC)cc3)s2)cc1. The summed E-state index contributed by atoms with van der Waals surface area (Å²) in [5, 5.41) is 14.8. The summed E-state index contributed by atoms with van der Waals surface area (Å²) in [5.74, 6) is 0.971. The number of ether oxygens (including phenoxy) is 1. The van der Waals surface area contributed by atoms with Gasteiger partial charge < -0.3 is 15.4 Å². The molecule has 3 aromatic rings. The van der Waals surface area contributed by atoms with Crippen molar-refractivity contribution in [3.05, 3.63) is 54.1 Å². The van der Waals surface area contributed by atoms with E-state index in [-0.39, 0.29) is 17.4 Å². The molecule has 2 aromatic carbocycles. The minimum Gasteiger partial charge on any atom is -0.497 e. The second-order valence-electron chi connectivity index (χ2n) is 5.92. The molecule has 2 N–H and O–H groups in total. The fraction of sp³-hybridized carbons (Fsp3) is 0.200. The first-order valence-corrected chi connectivity index (χ1v) is 10.7. The highest BCUT2D eigenvalue weighted by atomic mass is 32.2. The van der Waals surface area contributed by atoms with Crippen LogP contribution in [-0.2, 0) is 4.79 Å². The Morgan fingerprint density at radius 2 is 1.72 bits per heavy atom. The van der Waals surface area contributed by atoms with Gasteiger partial charge in [0.15, 0.2) is 10.1 Å². The molecule has 7 nitrogen and oxygen atoms in total. The van der Waals surface area contributed by atoms with E-state index in [2.05, 4.69) is 20.8 Å². The van der Waals surface area contributed by atoms with E-state index in [0.717, 1.165) is 11.4 Å². The van der Waals surface area contributed by atoms with E-state index in [1.807, 2.05) is 24.3 Å². The maximum absolute atomic E-state index is 12.4. The molecule has 1 heterocycles. The van der Waals surface area contributed by atoms with Gasteiger partial charge in [0.25, 0.3) is 0 Å². The van der Waals surface area contributed by atoms with Gasteiger partial charge in [-0.25, -0.2) is 0 Å². The van der Waals surface area contributed by atoms with Crippen LogP contribution in [0.5, 0.6) is 5.75 Å². The molecule has 150 valence electrons. The zero-order valence-corrected chi connectivity index (χ0v) is 17.6. The van der Waals surface area contributed by atoms with E-state index >= 15 is 0 Å². The molecule has 0 saturated carbocycles. The first-order valence-electron chi connectivity index (χ1n) is 8.88. The second-order valence-corrected chi connectivity index (χ2v) is 8.12. The van der Waals surface area contributed by atoms with Crippen LogP contribution in [0.3, 0.4) is 0 Å². The number of thioether (sulfide) groups is 1. The van der Waals surface area contributed by atoms with Crippen LogP contribution in [0, 0.1) is 0 Å². The first-order chi connectivity index (χ1) is 14.1. The minimum absolute atomic E-state index is 0.0109. The largest absolute Gasteiger partial charge is 0.497 e.